The lowest BCUT2D eigenvalue weighted by Crippen LogP contribution is -2.30. The molecule has 104 valence electrons. The normalized spacial score (nSPS) is 13.1. The number of nitrogens with one attached hydrogen (secondary N) is 1. The molecule has 0 spiro atoms. The highest BCUT2D eigenvalue weighted by Crippen LogP contribution is 2.23. The van der Waals surface area contributed by atoms with Crippen LogP contribution >= 0.6 is 11.3 Å². The molecule has 3 N–H and O–H groups in total. The van der Waals surface area contributed by atoms with Gasteiger partial charge in [-0.25, -0.2) is 14.6 Å². The number of hydrogen-bond acceptors (Lipinski definition) is 6. The lowest BCUT2D eigenvalue weighted by atomic mass is 10.1. The van der Waals surface area contributed by atoms with Gasteiger partial charge in [0.05, 0.1) is 17.2 Å². The van der Waals surface area contributed by atoms with Gasteiger partial charge in [-0.2, -0.15) is 5.10 Å². The molecule has 6 nitrogen and oxygen atoms in total. The SMILES string of the molecule is Cc1ncsc1C(Cc1ncnn1CC(C)C)NN. The van der Waals surface area contributed by atoms with Crippen molar-refractivity contribution in [2.75, 3.05) is 0 Å². The van der Waals surface area contributed by atoms with Gasteiger partial charge >= 0.3 is 0 Å². The molecule has 0 aliphatic carbocycles. The summed E-state index contributed by atoms with van der Waals surface area (Å²) in [4.78, 5) is 9.76. The van der Waals surface area contributed by atoms with Crippen LogP contribution in [-0.4, -0.2) is 19.7 Å². The van der Waals surface area contributed by atoms with Gasteiger partial charge in [-0.3, -0.25) is 11.3 Å². The Morgan fingerprint density at radius 2 is 2.21 bits per heavy atom. The van der Waals surface area contributed by atoms with E-state index in [-0.39, 0.29) is 6.04 Å². The summed E-state index contributed by atoms with van der Waals surface area (Å²) in [6, 6.07) is 0.0302. The third-order valence-electron chi connectivity index (χ3n) is 2.92. The molecule has 1 unspecified atom stereocenters. The van der Waals surface area contributed by atoms with Crippen LogP contribution in [0.25, 0.3) is 0 Å². The van der Waals surface area contributed by atoms with Gasteiger partial charge in [0, 0.05) is 17.8 Å². The van der Waals surface area contributed by atoms with E-state index in [0.717, 1.165) is 22.9 Å². The molecule has 0 saturated carbocycles. The van der Waals surface area contributed by atoms with E-state index in [1.165, 1.54) is 0 Å². The molecule has 0 saturated heterocycles. The standard InChI is InChI=1S/C12H20N6S/c1-8(2)5-18-11(14-6-16-18)4-10(17-13)12-9(3)15-7-19-12/h6-8,10,17H,4-5,13H2,1-3H3. The average Bonchev–Trinajstić information content (AvgIpc) is 2.95. The minimum Gasteiger partial charge on any atom is -0.271 e. The number of nitrogens with two attached hydrogens (primary N) is 1. The van der Waals surface area contributed by atoms with E-state index in [0.29, 0.717) is 12.3 Å². The lowest BCUT2D eigenvalue weighted by Gasteiger charge is -2.15. The molecular formula is C12H20N6S. The molecule has 2 aromatic rings. The van der Waals surface area contributed by atoms with Crippen molar-refractivity contribution in [1.82, 2.24) is 25.2 Å². The van der Waals surface area contributed by atoms with Crippen molar-refractivity contribution in [2.24, 2.45) is 11.8 Å². The van der Waals surface area contributed by atoms with Crippen molar-refractivity contribution in [1.29, 1.82) is 0 Å². The van der Waals surface area contributed by atoms with Crippen molar-refractivity contribution >= 4 is 11.3 Å². The molecule has 0 aliphatic heterocycles. The van der Waals surface area contributed by atoms with Crippen molar-refractivity contribution < 1.29 is 0 Å². The van der Waals surface area contributed by atoms with Crippen LogP contribution in [0.2, 0.25) is 0 Å². The van der Waals surface area contributed by atoms with Crippen LogP contribution in [0.3, 0.4) is 0 Å². The summed E-state index contributed by atoms with van der Waals surface area (Å²) in [6.45, 7) is 7.19. The van der Waals surface area contributed by atoms with Crippen molar-refractivity contribution in [3.8, 4) is 0 Å². The van der Waals surface area contributed by atoms with Gasteiger partial charge in [0.1, 0.15) is 12.2 Å². The Bertz CT molecular complexity index is 518. The molecule has 1 atom stereocenters. The van der Waals surface area contributed by atoms with Crippen LogP contribution < -0.4 is 11.3 Å². The Hall–Kier alpha value is -1.31. The Kier molecular flexibility index (Phi) is 4.62. The summed E-state index contributed by atoms with van der Waals surface area (Å²) in [5, 5.41) is 4.27. The van der Waals surface area contributed by atoms with E-state index in [2.05, 4.69) is 34.3 Å². The van der Waals surface area contributed by atoms with Gasteiger partial charge in [0.25, 0.3) is 0 Å². The van der Waals surface area contributed by atoms with Gasteiger partial charge in [-0.05, 0) is 12.8 Å². The quantitative estimate of drug-likeness (QED) is 0.618. The average molecular weight is 280 g/mol. The molecule has 7 heteroatoms. The first-order chi connectivity index (χ1) is 9.11. The number of aryl methyl sites for hydroxylation is 1. The Morgan fingerprint density at radius 1 is 1.42 bits per heavy atom. The fourth-order valence-electron chi connectivity index (χ4n) is 2.00. The zero-order valence-electron chi connectivity index (χ0n) is 11.5. The monoisotopic (exact) mass is 280 g/mol. The number of aromatic nitrogens is 4. The first-order valence-electron chi connectivity index (χ1n) is 6.34. The third-order valence-corrected chi connectivity index (χ3v) is 3.97. The number of hydrazine groups is 1. The minimum atomic E-state index is 0.0302. The molecule has 0 bridgehead atoms. The topological polar surface area (TPSA) is 81.7 Å². The molecular weight excluding hydrogens is 260 g/mol. The molecule has 0 fully saturated rings. The first-order valence-corrected chi connectivity index (χ1v) is 7.22. The predicted molar refractivity (Wildman–Crippen MR) is 75.5 cm³/mol. The predicted octanol–water partition coefficient (Wildman–Crippen LogP) is 1.45. The van der Waals surface area contributed by atoms with Gasteiger partial charge in [0.15, 0.2) is 0 Å². The van der Waals surface area contributed by atoms with Crippen LogP contribution in [0.1, 0.15) is 36.3 Å². The van der Waals surface area contributed by atoms with Crippen molar-refractivity contribution in [3.63, 3.8) is 0 Å². The molecule has 2 aromatic heterocycles. The van der Waals surface area contributed by atoms with Gasteiger partial charge in [0.2, 0.25) is 0 Å². The molecule has 2 rings (SSSR count). The summed E-state index contributed by atoms with van der Waals surface area (Å²) in [5.41, 5.74) is 5.71. The molecule has 0 radical (unpaired) electrons. The number of rotatable bonds is 6. The molecule has 2 heterocycles. The Labute approximate surface area is 117 Å². The maximum absolute atomic E-state index is 5.67. The van der Waals surface area contributed by atoms with Crippen LogP contribution in [0.4, 0.5) is 0 Å². The van der Waals surface area contributed by atoms with Crippen molar-refractivity contribution in [2.45, 2.75) is 39.8 Å². The van der Waals surface area contributed by atoms with Crippen molar-refractivity contribution in [3.05, 3.63) is 28.2 Å². The minimum absolute atomic E-state index is 0.0302. The maximum atomic E-state index is 5.67. The largest absolute Gasteiger partial charge is 0.271 e. The fraction of sp³-hybridized carbons (Fsp3) is 0.583. The highest BCUT2D eigenvalue weighted by Gasteiger charge is 2.18. The number of hydrogen-bond donors (Lipinski definition) is 2. The van der Waals surface area contributed by atoms with E-state index in [1.807, 2.05) is 17.1 Å². The van der Waals surface area contributed by atoms with Crippen LogP contribution in [-0.2, 0) is 13.0 Å². The highest BCUT2D eigenvalue weighted by molar-refractivity contribution is 7.09. The lowest BCUT2D eigenvalue weighted by molar-refractivity contribution is 0.447. The number of nitrogens with zero attached hydrogens (tertiary/aromatic N) is 4. The second-order valence-electron chi connectivity index (χ2n) is 4.98. The maximum Gasteiger partial charge on any atom is 0.138 e. The van der Waals surface area contributed by atoms with Crippen LogP contribution in [0, 0.1) is 12.8 Å². The van der Waals surface area contributed by atoms with E-state index in [4.69, 9.17) is 5.84 Å². The summed E-state index contributed by atoms with van der Waals surface area (Å²) >= 11 is 1.61. The second-order valence-corrected chi connectivity index (χ2v) is 5.86. The van der Waals surface area contributed by atoms with E-state index >= 15 is 0 Å². The fourth-order valence-corrected chi connectivity index (χ4v) is 2.86. The molecule has 0 amide bonds. The number of thiazole rings is 1. The van der Waals surface area contributed by atoms with Crippen LogP contribution in [0.5, 0.6) is 0 Å². The summed E-state index contributed by atoms with van der Waals surface area (Å²) in [6.07, 6.45) is 2.32. The second kappa shape index (κ2) is 6.23. The zero-order valence-corrected chi connectivity index (χ0v) is 12.3. The van der Waals surface area contributed by atoms with Gasteiger partial charge < -0.3 is 0 Å². The zero-order chi connectivity index (χ0) is 13.8. The van der Waals surface area contributed by atoms with E-state index in [9.17, 15) is 0 Å². The molecule has 19 heavy (non-hydrogen) atoms. The van der Waals surface area contributed by atoms with E-state index < -0.39 is 0 Å². The van der Waals surface area contributed by atoms with Gasteiger partial charge in [-0.1, -0.05) is 13.8 Å². The Morgan fingerprint density at radius 3 is 2.79 bits per heavy atom. The van der Waals surface area contributed by atoms with E-state index in [1.54, 1.807) is 17.7 Å². The smallest absolute Gasteiger partial charge is 0.138 e. The third kappa shape index (κ3) is 3.37. The Balaban J connectivity index is 2.15. The summed E-state index contributed by atoms with van der Waals surface area (Å²) < 4.78 is 1.95. The van der Waals surface area contributed by atoms with Gasteiger partial charge in [-0.15, -0.1) is 11.3 Å². The molecule has 0 aliphatic rings. The van der Waals surface area contributed by atoms with Crippen LogP contribution in [0.15, 0.2) is 11.8 Å². The first kappa shape index (κ1) is 14.1. The summed E-state index contributed by atoms with van der Waals surface area (Å²) in [5.74, 6) is 7.16. The summed E-state index contributed by atoms with van der Waals surface area (Å²) in [7, 11) is 0. The highest BCUT2D eigenvalue weighted by atomic mass is 32.1. The molecule has 0 aromatic carbocycles.